The molecule has 124 valence electrons. The minimum absolute atomic E-state index is 0.213. The molecule has 3 nitrogen and oxygen atoms in total. The third-order valence-corrected chi connectivity index (χ3v) is 4.24. The van der Waals surface area contributed by atoms with Gasteiger partial charge in [-0.05, 0) is 32.9 Å². The molecule has 2 unspecified atom stereocenters. The first-order valence-electron chi connectivity index (χ1n) is 6.83. The number of halogens is 5. The fourth-order valence-corrected chi connectivity index (χ4v) is 2.84. The second-order valence-corrected chi connectivity index (χ2v) is 6.08. The normalized spacial score (nSPS) is 27.8. The number of carbonyl (C=O) groups is 1. The molecule has 0 aromatic rings. The van der Waals surface area contributed by atoms with Crippen LogP contribution in [0.5, 0.6) is 0 Å². The molecular formula is C13H21F5N2O. The van der Waals surface area contributed by atoms with Crippen LogP contribution in [0.25, 0.3) is 0 Å². The van der Waals surface area contributed by atoms with Crippen LogP contribution < -0.4 is 5.32 Å². The highest BCUT2D eigenvalue weighted by Crippen LogP contribution is 2.37. The molecule has 0 radical (unpaired) electrons. The Morgan fingerprint density at radius 1 is 1.29 bits per heavy atom. The van der Waals surface area contributed by atoms with Crippen LogP contribution in [0.1, 0.15) is 32.6 Å². The van der Waals surface area contributed by atoms with Gasteiger partial charge in [-0.2, -0.15) is 22.0 Å². The fourth-order valence-electron chi connectivity index (χ4n) is 2.84. The molecule has 0 aromatic carbocycles. The van der Waals surface area contributed by atoms with Gasteiger partial charge in [-0.1, -0.05) is 19.8 Å². The van der Waals surface area contributed by atoms with Crippen LogP contribution in [0, 0.1) is 5.92 Å². The van der Waals surface area contributed by atoms with E-state index in [1.165, 1.54) is 0 Å². The number of carbonyl (C=O) groups excluding carboxylic acids is 1. The Kier molecular flexibility index (Phi) is 5.23. The van der Waals surface area contributed by atoms with Gasteiger partial charge in [0.05, 0.1) is 0 Å². The molecule has 0 aromatic heterocycles. The summed E-state index contributed by atoms with van der Waals surface area (Å²) < 4.78 is 62.3. The molecule has 1 aliphatic carbocycles. The summed E-state index contributed by atoms with van der Waals surface area (Å²) in [5.74, 6) is -7.31. The first kappa shape index (κ1) is 18.1. The summed E-state index contributed by atoms with van der Waals surface area (Å²) in [6, 6.07) is 0. The SMILES string of the molecule is CC1CCCC(CNC(=O)C(F)(F)C(F)(F)F)(N(C)C)C1. The molecule has 8 heteroatoms. The van der Waals surface area contributed by atoms with Crippen LogP contribution in [0.15, 0.2) is 0 Å². The molecule has 1 saturated carbocycles. The van der Waals surface area contributed by atoms with Gasteiger partial charge in [-0.25, -0.2) is 0 Å². The molecule has 1 amide bonds. The van der Waals surface area contributed by atoms with E-state index in [0.29, 0.717) is 18.8 Å². The van der Waals surface area contributed by atoms with Crippen molar-refractivity contribution >= 4 is 5.91 Å². The maximum Gasteiger partial charge on any atom is 0.463 e. The third kappa shape index (κ3) is 3.84. The lowest BCUT2D eigenvalue weighted by atomic mass is 9.75. The molecule has 1 fully saturated rings. The monoisotopic (exact) mass is 316 g/mol. The van der Waals surface area contributed by atoms with E-state index in [9.17, 15) is 26.7 Å². The molecule has 1 aliphatic rings. The Morgan fingerprint density at radius 2 is 1.86 bits per heavy atom. The Labute approximate surface area is 120 Å². The van der Waals surface area contributed by atoms with Crippen molar-refractivity contribution in [2.45, 2.75) is 50.2 Å². The summed E-state index contributed by atoms with van der Waals surface area (Å²) in [6.07, 6.45) is -2.73. The van der Waals surface area contributed by atoms with Crippen molar-refractivity contribution in [1.82, 2.24) is 10.2 Å². The predicted molar refractivity (Wildman–Crippen MR) is 68.1 cm³/mol. The van der Waals surface area contributed by atoms with Crippen LogP contribution in [0.3, 0.4) is 0 Å². The lowest BCUT2D eigenvalue weighted by Crippen LogP contribution is -2.58. The minimum atomic E-state index is -5.87. The van der Waals surface area contributed by atoms with Gasteiger partial charge in [0, 0.05) is 12.1 Å². The van der Waals surface area contributed by atoms with Gasteiger partial charge in [-0.3, -0.25) is 4.79 Å². The smallest absolute Gasteiger partial charge is 0.349 e. The van der Waals surface area contributed by atoms with Gasteiger partial charge in [0.25, 0.3) is 5.91 Å². The number of rotatable bonds is 4. The van der Waals surface area contributed by atoms with E-state index in [-0.39, 0.29) is 6.54 Å². The highest BCUT2D eigenvalue weighted by atomic mass is 19.4. The number of alkyl halides is 5. The van der Waals surface area contributed by atoms with Gasteiger partial charge < -0.3 is 10.2 Å². The second kappa shape index (κ2) is 6.06. The third-order valence-electron chi connectivity index (χ3n) is 4.24. The lowest BCUT2D eigenvalue weighted by Gasteiger charge is -2.45. The van der Waals surface area contributed by atoms with Gasteiger partial charge in [0.1, 0.15) is 0 Å². The van der Waals surface area contributed by atoms with E-state index in [1.54, 1.807) is 24.3 Å². The van der Waals surface area contributed by atoms with Crippen LogP contribution in [-0.2, 0) is 4.79 Å². The highest BCUT2D eigenvalue weighted by molar-refractivity contribution is 5.84. The molecule has 0 heterocycles. The summed E-state index contributed by atoms with van der Waals surface area (Å²) in [4.78, 5) is 13.0. The largest absolute Gasteiger partial charge is 0.463 e. The zero-order valence-corrected chi connectivity index (χ0v) is 12.4. The average molecular weight is 316 g/mol. The van der Waals surface area contributed by atoms with Gasteiger partial charge in [-0.15, -0.1) is 0 Å². The number of nitrogens with zero attached hydrogens (tertiary/aromatic N) is 1. The van der Waals surface area contributed by atoms with Crippen molar-refractivity contribution < 1.29 is 26.7 Å². The molecule has 0 aliphatic heterocycles. The number of nitrogens with one attached hydrogen (secondary N) is 1. The number of amides is 1. The van der Waals surface area contributed by atoms with Crippen LogP contribution in [-0.4, -0.2) is 49.1 Å². The molecule has 2 atom stereocenters. The zero-order valence-electron chi connectivity index (χ0n) is 12.4. The van der Waals surface area contributed by atoms with Crippen LogP contribution in [0.4, 0.5) is 22.0 Å². The second-order valence-electron chi connectivity index (χ2n) is 6.08. The van der Waals surface area contributed by atoms with Crippen molar-refractivity contribution in [1.29, 1.82) is 0 Å². The van der Waals surface area contributed by atoms with E-state index in [0.717, 1.165) is 12.8 Å². The summed E-state index contributed by atoms with van der Waals surface area (Å²) in [6.45, 7) is 1.79. The standard InChI is InChI=1S/C13H21F5N2O/c1-9-5-4-6-11(7-9,20(2)3)8-19-10(21)12(14,15)13(16,17)18/h9H,4-8H2,1-3H3,(H,19,21). The molecule has 21 heavy (non-hydrogen) atoms. The van der Waals surface area contributed by atoms with Gasteiger partial charge in [0.15, 0.2) is 0 Å². The summed E-state index contributed by atoms with van der Waals surface area (Å²) in [5, 5.41) is 1.79. The van der Waals surface area contributed by atoms with E-state index >= 15 is 0 Å². The summed E-state index contributed by atoms with van der Waals surface area (Å²) in [5.41, 5.74) is -0.574. The highest BCUT2D eigenvalue weighted by Gasteiger charge is 2.63. The molecule has 1 N–H and O–H groups in total. The van der Waals surface area contributed by atoms with Crippen molar-refractivity contribution in [3.8, 4) is 0 Å². The van der Waals surface area contributed by atoms with Crippen molar-refractivity contribution in [3.63, 3.8) is 0 Å². The fraction of sp³-hybridized carbons (Fsp3) is 0.923. The summed E-state index contributed by atoms with van der Waals surface area (Å²) >= 11 is 0. The zero-order chi connectivity index (χ0) is 16.5. The topological polar surface area (TPSA) is 32.3 Å². The minimum Gasteiger partial charge on any atom is -0.349 e. The Morgan fingerprint density at radius 3 is 2.29 bits per heavy atom. The summed E-state index contributed by atoms with van der Waals surface area (Å²) in [7, 11) is 3.48. The predicted octanol–water partition coefficient (Wildman–Crippen LogP) is 2.81. The molecule has 0 bridgehead atoms. The van der Waals surface area contributed by atoms with Crippen molar-refractivity contribution in [3.05, 3.63) is 0 Å². The first-order chi connectivity index (χ1) is 9.42. The van der Waals surface area contributed by atoms with Crippen LogP contribution >= 0.6 is 0 Å². The van der Waals surface area contributed by atoms with E-state index in [4.69, 9.17) is 0 Å². The van der Waals surface area contributed by atoms with Gasteiger partial charge in [0.2, 0.25) is 0 Å². The van der Waals surface area contributed by atoms with E-state index in [2.05, 4.69) is 0 Å². The first-order valence-corrected chi connectivity index (χ1v) is 6.83. The Bertz CT molecular complexity index is 383. The lowest BCUT2D eigenvalue weighted by molar-refractivity contribution is -0.270. The van der Waals surface area contributed by atoms with Crippen molar-refractivity contribution in [2.24, 2.45) is 5.92 Å². The number of hydrogen-bond donors (Lipinski definition) is 1. The van der Waals surface area contributed by atoms with E-state index < -0.39 is 23.5 Å². The average Bonchev–Trinajstić information content (AvgIpc) is 2.34. The Balaban J connectivity index is 2.77. The number of likely N-dealkylation sites (N-methyl/N-ethyl adjacent to an activating group) is 1. The number of hydrogen-bond acceptors (Lipinski definition) is 2. The Hall–Kier alpha value is -0.920. The quantitative estimate of drug-likeness (QED) is 0.809. The van der Waals surface area contributed by atoms with Gasteiger partial charge >= 0.3 is 12.1 Å². The molecule has 1 rings (SSSR count). The maximum atomic E-state index is 12.9. The molecule has 0 saturated heterocycles. The van der Waals surface area contributed by atoms with Crippen molar-refractivity contribution in [2.75, 3.05) is 20.6 Å². The van der Waals surface area contributed by atoms with E-state index in [1.807, 2.05) is 6.92 Å². The van der Waals surface area contributed by atoms with Crippen LogP contribution in [0.2, 0.25) is 0 Å². The maximum absolute atomic E-state index is 12.9. The molecule has 0 spiro atoms. The molecular weight excluding hydrogens is 295 g/mol.